The fraction of sp³-hybridized carbons (Fsp3) is 0.417. The molecule has 0 bridgehead atoms. The summed E-state index contributed by atoms with van der Waals surface area (Å²) in [5.74, 6) is 0. The van der Waals surface area contributed by atoms with Crippen LogP contribution >= 0.6 is 0 Å². The highest BCUT2D eigenvalue weighted by Crippen LogP contribution is 2.05. The number of hydrogen-bond donors (Lipinski definition) is 0. The Balaban J connectivity index is 2.90. The van der Waals surface area contributed by atoms with Crippen LogP contribution in [0.1, 0.15) is 13.8 Å². The zero-order chi connectivity index (χ0) is 14.4. The van der Waals surface area contributed by atoms with E-state index in [1.165, 1.54) is 11.2 Å². The van der Waals surface area contributed by atoms with Gasteiger partial charge in [-0.2, -0.15) is 4.68 Å². The second-order valence-electron chi connectivity index (χ2n) is 4.08. The van der Waals surface area contributed by atoms with Gasteiger partial charge in [-0.3, -0.25) is 4.21 Å². The molecule has 7 heteroatoms. The fourth-order valence-corrected chi connectivity index (χ4v) is 2.07. The van der Waals surface area contributed by atoms with Crippen LogP contribution in [0.2, 0.25) is 0 Å². The molecule has 104 valence electrons. The molecule has 1 unspecified atom stereocenters. The van der Waals surface area contributed by atoms with Crippen LogP contribution in [0.25, 0.3) is 0 Å². The minimum Gasteiger partial charge on any atom is -0.315 e. The predicted molar refractivity (Wildman–Crippen MR) is 74.3 cm³/mol. The summed E-state index contributed by atoms with van der Waals surface area (Å²) in [7, 11) is -1.31. The summed E-state index contributed by atoms with van der Waals surface area (Å²) < 4.78 is 12.9. The first-order valence-corrected chi connectivity index (χ1v) is 7.05. The Hall–Kier alpha value is -1.76. The molecule has 0 aliphatic heterocycles. The van der Waals surface area contributed by atoms with Crippen molar-refractivity contribution in [3.8, 4) is 0 Å². The number of carbonyl (C=O) groups is 1. The number of hydrogen-bond acceptors (Lipinski definition) is 4. The van der Waals surface area contributed by atoms with Crippen LogP contribution in [-0.4, -0.2) is 48.2 Å². The third-order valence-corrected chi connectivity index (χ3v) is 3.65. The van der Waals surface area contributed by atoms with E-state index in [0.717, 1.165) is 4.68 Å². The quantitative estimate of drug-likeness (QED) is 0.740. The Morgan fingerprint density at radius 1 is 1.47 bits per heavy atom. The standard InChI is InChI=1S/C12H18N4O2S/c1-5-7-15(8-6-2)12(17)16-9-13-11(14-16)19(18)10(3)4/h5-6,9-10H,1-2,7-8H2,3-4H3. The summed E-state index contributed by atoms with van der Waals surface area (Å²) in [6, 6.07) is -0.348. The molecule has 0 saturated heterocycles. The van der Waals surface area contributed by atoms with E-state index >= 15 is 0 Å². The van der Waals surface area contributed by atoms with Crippen LogP contribution in [0.4, 0.5) is 4.79 Å². The molecular formula is C12H18N4O2S. The van der Waals surface area contributed by atoms with Crippen molar-refractivity contribution in [2.24, 2.45) is 0 Å². The highest BCUT2D eigenvalue weighted by molar-refractivity contribution is 7.85. The fourth-order valence-electron chi connectivity index (χ4n) is 1.33. The third-order valence-electron chi connectivity index (χ3n) is 2.24. The van der Waals surface area contributed by atoms with E-state index in [1.807, 2.05) is 0 Å². The van der Waals surface area contributed by atoms with Crippen LogP contribution in [0.5, 0.6) is 0 Å². The molecule has 1 aromatic rings. The van der Waals surface area contributed by atoms with Crippen molar-refractivity contribution < 1.29 is 9.00 Å². The molecule has 0 aromatic carbocycles. The summed E-state index contributed by atoms with van der Waals surface area (Å²) in [4.78, 5) is 17.5. The minimum absolute atomic E-state index is 0.0941. The zero-order valence-electron chi connectivity index (χ0n) is 11.2. The van der Waals surface area contributed by atoms with Gasteiger partial charge < -0.3 is 4.90 Å². The van der Waals surface area contributed by atoms with Gasteiger partial charge in [0.2, 0.25) is 5.16 Å². The summed E-state index contributed by atoms with van der Waals surface area (Å²) in [6.45, 7) is 11.6. The minimum atomic E-state index is -1.31. The average molecular weight is 282 g/mol. The molecule has 0 spiro atoms. The van der Waals surface area contributed by atoms with Crippen molar-refractivity contribution in [1.82, 2.24) is 19.7 Å². The molecule has 0 radical (unpaired) electrons. The number of nitrogens with zero attached hydrogens (tertiary/aromatic N) is 4. The van der Waals surface area contributed by atoms with E-state index < -0.39 is 10.8 Å². The average Bonchev–Trinajstić information content (AvgIpc) is 2.86. The normalized spacial score (nSPS) is 12.2. The lowest BCUT2D eigenvalue weighted by Crippen LogP contribution is -2.35. The van der Waals surface area contributed by atoms with Crippen LogP contribution < -0.4 is 0 Å². The van der Waals surface area contributed by atoms with Crippen LogP contribution in [0, 0.1) is 0 Å². The Kier molecular flexibility index (Phi) is 5.62. The van der Waals surface area contributed by atoms with Gasteiger partial charge in [0, 0.05) is 18.3 Å². The molecule has 1 rings (SSSR count). The van der Waals surface area contributed by atoms with Gasteiger partial charge >= 0.3 is 6.03 Å². The van der Waals surface area contributed by atoms with Crippen LogP contribution in [0.15, 0.2) is 36.8 Å². The first kappa shape index (κ1) is 15.3. The maximum absolute atomic E-state index is 12.1. The Morgan fingerprint density at radius 3 is 2.53 bits per heavy atom. The monoisotopic (exact) mass is 282 g/mol. The molecule has 1 atom stereocenters. The molecule has 1 amide bonds. The van der Waals surface area contributed by atoms with Gasteiger partial charge in [-0.15, -0.1) is 18.3 Å². The highest BCUT2D eigenvalue weighted by atomic mass is 32.2. The largest absolute Gasteiger partial charge is 0.346 e. The van der Waals surface area contributed by atoms with Crippen molar-refractivity contribution in [2.75, 3.05) is 13.1 Å². The molecule has 0 N–H and O–H groups in total. The maximum atomic E-state index is 12.1. The lowest BCUT2D eigenvalue weighted by Gasteiger charge is -2.17. The Bertz CT molecular complexity index is 486. The lowest BCUT2D eigenvalue weighted by molar-refractivity contribution is 0.206. The summed E-state index contributed by atoms with van der Waals surface area (Å²) in [5, 5.41) is 4.04. The highest BCUT2D eigenvalue weighted by Gasteiger charge is 2.18. The molecule has 0 aliphatic carbocycles. The Morgan fingerprint density at radius 2 is 2.05 bits per heavy atom. The zero-order valence-corrected chi connectivity index (χ0v) is 12.0. The van der Waals surface area contributed by atoms with Gasteiger partial charge in [-0.25, -0.2) is 9.78 Å². The summed E-state index contributed by atoms with van der Waals surface area (Å²) in [6.07, 6.45) is 4.51. The summed E-state index contributed by atoms with van der Waals surface area (Å²) in [5.41, 5.74) is 0. The van der Waals surface area contributed by atoms with Crippen LogP contribution in [0.3, 0.4) is 0 Å². The summed E-state index contributed by atoms with van der Waals surface area (Å²) >= 11 is 0. The van der Waals surface area contributed by atoms with Gasteiger partial charge in [0.1, 0.15) is 6.33 Å². The molecule has 6 nitrogen and oxygen atoms in total. The number of rotatable bonds is 6. The molecule has 19 heavy (non-hydrogen) atoms. The van der Waals surface area contributed by atoms with Crippen LogP contribution in [-0.2, 0) is 10.8 Å². The van der Waals surface area contributed by atoms with Gasteiger partial charge in [0.25, 0.3) is 0 Å². The van der Waals surface area contributed by atoms with Gasteiger partial charge in [-0.05, 0) is 0 Å². The van der Waals surface area contributed by atoms with Gasteiger partial charge in [-0.1, -0.05) is 26.0 Å². The number of aromatic nitrogens is 3. The first-order valence-electron chi connectivity index (χ1n) is 5.84. The third kappa shape index (κ3) is 3.85. The van der Waals surface area contributed by atoms with E-state index in [4.69, 9.17) is 0 Å². The van der Waals surface area contributed by atoms with E-state index in [1.54, 1.807) is 26.0 Å². The van der Waals surface area contributed by atoms with Crippen molar-refractivity contribution in [2.45, 2.75) is 24.3 Å². The predicted octanol–water partition coefficient (Wildman–Crippen LogP) is 1.44. The van der Waals surface area contributed by atoms with Crippen molar-refractivity contribution in [3.63, 3.8) is 0 Å². The van der Waals surface area contributed by atoms with E-state index in [2.05, 4.69) is 23.2 Å². The van der Waals surface area contributed by atoms with Crippen molar-refractivity contribution >= 4 is 16.8 Å². The molecule has 1 aromatic heterocycles. The van der Waals surface area contributed by atoms with E-state index in [0.29, 0.717) is 13.1 Å². The first-order chi connectivity index (χ1) is 9.01. The van der Waals surface area contributed by atoms with E-state index in [-0.39, 0.29) is 16.4 Å². The Labute approximate surface area is 115 Å². The van der Waals surface area contributed by atoms with Crippen molar-refractivity contribution in [3.05, 3.63) is 31.6 Å². The number of amides is 1. The van der Waals surface area contributed by atoms with Crippen molar-refractivity contribution in [1.29, 1.82) is 0 Å². The topological polar surface area (TPSA) is 68.1 Å². The molecule has 0 aliphatic rings. The molecule has 1 heterocycles. The molecule has 0 saturated carbocycles. The van der Waals surface area contributed by atoms with Gasteiger partial charge in [0.15, 0.2) is 0 Å². The lowest BCUT2D eigenvalue weighted by atomic mass is 10.5. The molecular weight excluding hydrogens is 264 g/mol. The molecule has 0 fully saturated rings. The maximum Gasteiger partial charge on any atom is 0.346 e. The number of carbonyl (C=O) groups excluding carboxylic acids is 1. The smallest absolute Gasteiger partial charge is 0.315 e. The van der Waals surface area contributed by atoms with Gasteiger partial charge in [0.05, 0.1) is 10.8 Å². The SMILES string of the molecule is C=CCN(CC=C)C(=O)n1cnc(S(=O)C(C)C)n1. The second kappa shape index (κ2) is 6.98. The second-order valence-corrected chi connectivity index (χ2v) is 5.99. The van der Waals surface area contributed by atoms with E-state index in [9.17, 15) is 9.00 Å².